The third-order valence-corrected chi connectivity index (χ3v) is 5.35. The van der Waals surface area contributed by atoms with Gasteiger partial charge in [0.25, 0.3) is 0 Å². The van der Waals surface area contributed by atoms with Crippen LogP contribution in [0.25, 0.3) is 6.08 Å². The van der Waals surface area contributed by atoms with Crippen LogP contribution in [0.5, 0.6) is 0 Å². The van der Waals surface area contributed by atoms with Crippen LogP contribution in [0.1, 0.15) is 11.5 Å². The molecule has 8 heteroatoms. The predicted molar refractivity (Wildman–Crippen MR) is 108 cm³/mol. The standard InChI is InChI=1S/C20H17ClN2O4S/c21-15-6-8-16(9-7-15)23-20(24)13-12-17-10-11-18(27-17)14-22-28(25,26)19-4-2-1-3-5-19/h1-13,22H,14H2,(H,23,24)/b13-12+. The lowest BCUT2D eigenvalue weighted by atomic mass is 10.3. The molecule has 1 aromatic heterocycles. The Labute approximate surface area is 167 Å². The lowest BCUT2D eigenvalue weighted by Crippen LogP contribution is -2.22. The summed E-state index contributed by atoms with van der Waals surface area (Å²) in [4.78, 5) is 12.1. The third kappa shape index (κ3) is 5.56. The van der Waals surface area contributed by atoms with Gasteiger partial charge in [-0.3, -0.25) is 4.79 Å². The third-order valence-electron chi connectivity index (χ3n) is 3.68. The number of carbonyl (C=O) groups is 1. The number of anilines is 1. The molecule has 6 nitrogen and oxygen atoms in total. The maximum absolute atomic E-state index is 12.2. The van der Waals surface area contributed by atoms with E-state index in [9.17, 15) is 13.2 Å². The Balaban J connectivity index is 1.55. The molecule has 144 valence electrons. The number of amides is 1. The topological polar surface area (TPSA) is 88.4 Å². The van der Waals surface area contributed by atoms with Gasteiger partial charge in [0, 0.05) is 16.8 Å². The van der Waals surface area contributed by atoms with Crippen molar-refractivity contribution in [3.05, 3.63) is 89.3 Å². The Morgan fingerprint density at radius 3 is 2.43 bits per heavy atom. The van der Waals surface area contributed by atoms with Crippen molar-refractivity contribution in [3.63, 3.8) is 0 Å². The van der Waals surface area contributed by atoms with E-state index in [-0.39, 0.29) is 17.3 Å². The monoisotopic (exact) mass is 416 g/mol. The number of hydrogen-bond donors (Lipinski definition) is 2. The molecule has 1 heterocycles. The van der Waals surface area contributed by atoms with Gasteiger partial charge in [0.1, 0.15) is 11.5 Å². The Hall–Kier alpha value is -2.87. The zero-order valence-electron chi connectivity index (χ0n) is 14.6. The highest BCUT2D eigenvalue weighted by Gasteiger charge is 2.13. The van der Waals surface area contributed by atoms with E-state index in [1.807, 2.05) is 0 Å². The van der Waals surface area contributed by atoms with E-state index in [4.69, 9.17) is 16.0 Å². The maximum Gasteiger partial charge on any atom is 0.248 e. The first-order valence-corrected chi connectivity index (χ1v) is 10.2. The first-order valence-electron chi connectivity index (χ1n) is 8.30. The molecule has 0 bridgehead atoms. The smallest absolute Gasteiger partial charge is 0.248 e. The first-order chi connectivity index (χ1) is 13.4. The van der Waals surface area contributed by atoms with Gasteiger partial charge in [0.2, 0.25) is 15.9 Å². The highest BCUT2D eigenvalue weighted by molar-refractivity contribution is 7.89. The van der Waals surface area contributed by atoms with E-state index >= 15 is 0 Å². The second kappa shape index (κ2) is 8.88. The second-order valence-electron chi connectivity index (χ2n) is 5.77. The van der Waals surface area contributed by atoms with Gasteiger partial charge in [-0.1, -0.05) is 29.8 Å². The van der Waals surface area contributed by atoms with Gasteiger partial charge in [0.15, 0.2) is 0 Å². The van der Waals surface area contributed by atoms with Crippen molar-refractivity contribution in [2.24, 2.45) is 0 Å². The van der Waals surface area contributed by atoms with Gasteiger partial charge in [-0.25, -0.2) is 13.1 Å². The lowest BCUT2D eigenvalue weighted by molar-refractivity contribution is -0.111. The summed E-state index contributed by atoms with van der Waals surface area (Å²) in [5.74, 6) is 0.530. The Morgan fingerprint density at radius 1 is 1.00 bits per heavy atom. The fraction of sp³-hybridized carbons (Fsp3) is 0.0500. The quantitative estimate of drug-likeness (QED) is 0.568. The van der Waals surface area contributed by atoms with Crippen LogP contribution < -0.4 is 10.0 Å². The van der Waals surface area contributed by atoms with Gasteiger partial charge in [-0.15, -0.1) is 0 Å². The van der Waals surface area contributed by atoms with Gasteiger partial charge in [-0.2, -0.15) is 0 Å². The van der Waals surface area contributed by atoms with Crippen LogP contribution in [0.4, 0.5) is 5.69 Å². The number of benzene rings is 2. The Morgan fingerprint density at radius 2 is 1.71 bits per heavy atom. The number of hydrogen-bond acceptors (Lipinski definition) is 4. The van der Waals surface area contributed by atoms with Crippen molar-refractivity contribution in [1.82, 2.24) is 4.72 Å². The van der Waals surface area contributed by atoms with Crippen LogP contribution in [0.2, 0.25) is 5.02 Å². The normalized spacial score (nSPS) is 11.6. The first kappa shape index (κ1) is 19.9. The Kier molecular flexibility index (Phi) is 6.30. The fourth-order valence-electron chi connectivity index (χ4n) is 2.30. The maximum atomic E-state index is 12.2. The molecule has 28 heavy (non-hydrogen) atoms. The lowest BCUT2D eigenvalue weighted by Gasteiger charge is -2.04. The van der Waals surface area contributed by atoms with E-state index < -0.39 is 10.0 Å². The molecule has 3 aromatic rings. The van der Waals surface area contributed by atoms with Crippen LogP contribution in [0.3, 0.4) is 0 Å². The van der Waals surface area contributed by atoms with E-state index in [0.29, 0.717) is 22.2 Å². The summed E-state index contributed by atoms with van der Waals surface area (Å²) >= 11 is 5.80. The molecule has 0 aliphatic heterocycles. The molecule has 0 unspecified atom stereocenters. The van der Waals surface area contributed by atoms with E-state index in [2.05, 4.69) is 10.0 Å². The van der Waals surface area contributed by atoms with Crippen LogP contribution in [-0.2, 0) is 21.4 Å². The highest BCUT2D eigenvalue weighted by Crippen LogP contribution is 2.14. The SMILES string of the molecule is O=C(/C=C/c1ccc(CNS(=O)(=O)c2ccccc2)o1)Nc1ccc(Cl)cc1. The largest absolute Gasteiger partial charge is 0.460 e. The molecular formula is C20H17ClN2O4S. The molecule has 2 aromatic carbocycles. The summed E-state index contributed by atoms with van der Waals surface area (Å²) in [5, 5.41) is 3.27. The van der Waals surface area contributed by atoms with Crippen LogP contribution in [-0.4, -0.2) is 14.3 Å². The number of sulfonamides is 1. The number of rotatable bonds is 7. The van der Waals surface area contributed by atoms with Crippen molar-refractivity contribution in [2.75, 3.05) is 5.32 Å². The summed E-state index contributed by atoms with van der Waals surface area (Å²) in [6.07, 6.45) is 2.83. The summed E-state index contributed by atoms with van der Waals surface area (Å²) in [6, 6.07) is 18.1. The molecule has 0 saturated heterocycles. The second-order valence-corrected chi connectivity index (χ2v) is 7.97. The average Bonchev–Trinajstić information content (AvgIpc) is 3.15. The minimum Gasteiger partial charge on any atom is -0.460 e. The number of carbonyl (C=O) groups excluding carboxylic acids is 1. The highest BCUT2D eigenvalue weighted by atomic mass is 35.5. The molecule has 0 radical (unpaired) electrons. The predicted octanol–water partition coefficient (Wildman–Crippen LogP) is 4.06. The van der Waals surface area contributed by atoms with Crippen LogP contribution in [0, 0.1) is 0 Å². The van der Waals surface area contributed by atoms with Crippen molar-refractivity contribution in [1.29, 1.82) is 0 Å². The summed E-state index contributed by atoms with van der Waals surface area (Å²) in [6.45, 7) is 0.00202. The van der Waals surface area contributed by atoms with Crippen LogP contribution in [0.15, 0.2) is 82.1 Å². The molecule has 0 aliphatic rings. The zero-order chi connectivity index (χ0) is 20.0. The van der Waals surface area contributed by atoms with Gasteiger partial charge in [-0.05, 0) is 54.6 Å². The summed E-state index contributed by atoms with van der Waals surface area (Å²) in [7, 11) is -3.61. The summed E-state index contributed by atoms with van der Waals surface area (Å²) < 4.78 is 32.4. The Bertz CT molecular complexity index is 1070. The van der Waals surface area contributed by atoms with Crippen molar-refractivity contribution in [3.8, 4) is 0 Å². The average molecular weight is 417 g/mol. The zero-order valence-corrected chi connectivity index (χ0v) is 16.2. The van der Waals surface area contributed by atoms with Gasteiger partial charge < -0.3 is 9.73 Å². The van der Waals surface area contributed by atoms with E-state index in [1.165, 1.54) is 24.3 Å². The molecule has 2 N–H and O–H groups in total. The molecule has 0 spiro atoms. The number of furan rings is 1. The van der Waals surface area contributed by atoms with Gasteiger partial charge >= 0.3 is 0 Å². The molecule has 0 fully saturated rings. The van der Waals surface area contributed by atoms with Crippen molar-refractivity contribution in [2.45, 2.75) is 11.4 Å². The van der Waals surface area contributed by atoms with Crippen LogP contribution >= 0.6 is 11.6 Å². The van der Waals surface area contributed by atoms with E-state index in [1.54, 1.807) is 54.6 Å². The molecule has 3 rings (SSSR count). The summed E-state index contributed by atoms with van der Waals surface area (Å²) in [5.41, 5.74) is 0.620. The van der Waals surface area contributed by atoms with Crippen molar-refractivity contribution >= 4 is 39.3 Å². The van der Waals surface area contributed by atoms with Crippen molar-refractivity contribution < 1.29 is 17.6 Å². The molecular weight excluding hydrogens is 400 g/mol. The molecule has 0 atom stereocenters. The van der Waals surface area contributed by atoms with E-state index in [0.717, 1.165) is 0 Å². The van der Waals surface area contributed by atoms with Gasteiger partial charge in [0.05, 0.1) is 11.4 Å². The minimum atomic E-state index is -3.61. The molecule has 0 aliphatic carbocycles. The number of halogens is 1. The minimum absolute atomic E-state index is 0.00202. The molecule has 0 saturated carbocycles. The molecule has 1 amide bonds. The fourth-order valence-corrected chi connectivity index (χ4v) is 3.44. The number of nitrogens with one attached hydrogen (secondary N) is 2.